The number of Topliss-reactive ketones (excluding diaryl/α,β-unsaturated/α-hetero) is 1. The largest absolute Gasteiger partial charge is 0.350 e. The molecule has 0 aromatic heterocycles. The molecule has 0 radical (unpaired) electrons. The van der Waals surface area contributed by atoms with Gasteiger partial charge in [0.1, 0.15) is 12.1 Å². The molecule has 4 atom stereocenters. The smallest absolute Gasteiger partial charge is 0.315 e. The zero-order valence-corrected chi connectivity index (χ0v) is 26.0. The molecule has 0 bridgehead atoms. The van der Waals surface area contributed by atoms with E-state index in [1.807, 2.05) is 6.08 Å². The van der Waals surface area contributed by atoms with Crippen LogP contribution in [-0.2, 0) is 30.4 Å². The Bertz CT molecular complexity index is 1240. The number of carbonyl (C=O) groups is 6. The Kier molecular flexibility index (Phi) is 12.9. The van der Waals surface area contributed by atoms with Crippen LogP contribution in [0.3, 0.4) is 0 Å². The quantitative estimate of drug-likeness (QED) is 0.0954. The van der Waals surface area contributed by atoms with E-state index in [-0.39, 0.29) is 55.9 Å². The van der Waals surface area contributed by atoms with Crippen LogP contribution in [0.5, 0.6) is 0 Å². The lowest BCUT2D eigenvalue weighted by Crippen LogP contribution is -2.57. The number of unbranched alkanes of at least 4 members (excludes halogenated alkanes) is 1. The molecule has 1 aromatic rings. The number of urea groups is 1. The second kappa shape index (κ2) is 16.3. The molecule has 14 heteroatoms. The molecule has 2 fully saturated rings. The van der Waals surface area contributed by atoms with E-state index in [0.717, 1.165) is 10.7 Å². The van der Waals surface area contributed by atoms with E-state index in [1.165, 1.54) is 0 Å². The number of rotatable bonds is 15. The van der Waals surface area contributed by atoms with Gasteiger partial charge in [0.2, 0.25) is 23.5 Å². The average Bonchev–Trinajstić information content (AvgIpc) is 3.52. The predicted molar refractivity (Wildman–Crippen MR) is 164 cm³/mol. The van der Waals surface area contributed by atoms with Crippen LogP contribution in [0.25, 0.3) is 0 Å². The zero-order chi connectivity index (χ0) is 31.5. The minimum atomic E-state index is -1.16. The Labute approximate surface area is 260 Å². The van der Waals surface area contributed by atoms with Crippen LogP contribution in [0.15, 0.2) is 35.2 Å². The summed E-state index contributed by atoms with van der Waals surface area (Å²) in [5.74, 6) is -2.66. The molecule has 0 saturated carbocycles. The number of nitrogens with one attached hydrogen (secondary N) is 6. The van der Waals surface area contributed by atoms with Crippen LogP contribution in [0.1, 0.15) is 45.6 Å². The topological polar surface area (TPSA) is 175 Å². The van der Waals surface area contributed by atoms with Crippen LogP contribution in [0.2, 0.25) is 5.02 Å². The highest BCUT2D eigenvalue weighted by molar-refractivity contribution is 8.03. The summed E-state index contributed by atoms with van der Waals surface area (Å²) in [5, 5.41) is 16.5. The number of benzene rings is 1. The van der Waals surface area contributed by atoms with Gasteiger partial charge in [-0.1, -0.05) is 43.7 Å². The van der Waals surface area contributed by atoms with Crippen LogP contribution in [0.4, 0.5) is 4.79 Å². The van der Waals surface area contributed by atoms with Gasteiger partial charge in [-0.3, -0.25) is 24.0 Å². The maximum atomic E-state index is 13.2. The minimum absolute atomic E-state index is 0.0135. The normalized spacial score (nSPS) is 19.6. The molecule has 6 amide bonds. The number of hydrogen-bond acceptors (Lipinski definition) is 7. The van der Waals surface area contributed by atoms with Gasteiger partial charge in [-0.2, -0.15) is 0 Å². The van der Waals surface area contributed by atoms with Gasteiger partial charge in [-0.15, -0.1) is 11.8 Å². The average molecular weight is 635 g/mol. The number of carbonyl (C=O) groups excluding carboxylic acids is 6. The van der Waals surface area contributed by atoms with Crippen molar-refractivity contribution in [3.8, 4) is 0 Å². The first-order chi connectivity index (χ1) is 20.5. The molecule has 0 spiro atoms. The number of amides is 6. The molecule has 43 heavy (non-hydrogen) atoms. The zero-order valence-electron chi connectivity index (χ0n) is 24.5. The van der Waals surface area contributed by atoms with Crippen molar-refractivity contribution in [1.29, 1.82) is 0 Å². The fraction of sp³-hybridized carbons (Fsp3) is 0.517. The lowest BCUT2D eigenvalue weighted by Gasteiger charge is -2.25. The number of fused-ring (bicyclic) bond motifs is 1. The summed E-state index contributed by atoms with van der Waals surface area (Å²) in [6, 6.07) is 4.43. The van der Waals surface area contributed by atoms with Crippen LogP contribution in [-0.4, -0.2) is 78.5 Å². The monoisotopic (exact) mass is 634 g/mol. The second-order valence-electron chi connectivity index (χ2n) is 10.7. The molecular formula is C29H39ClN6O6S. The maximum Gasteiger partial charge on any atom is 0.315 e. The van der Waals surface area contributed by atoms with E-state index in [2.05, 4.69) is 31.9 Å². The summed E-state index contributed by atoms with van der Waals surface area (Å²) < 4.78 is 0. The molecular weight excluding hydrogens is 596 g/mol. The number of thioether (sulfide) groups is 1. The first-order valence-corrected chi connectivity index (χ1v) is 15.7. The maximum absolute atomic E-state index is 13.2. The Balaban J connectivity index is 1.49. The fourth-order valence-electron chi connectivity index (χ4n) is 4.67. The van der Waals surface area contributed by atoms with Gasteiger partial charge in [0, 0.05) is 35.1 Å². The molecule has 3 rings (SSSR count). The summed E-state index contributed by atoms with van der Waals surface area (Å²) >= 11 is 7.63. The summed E-state index contributed by atoms with van der Waals surface area (Å²) in [4.78, 5) is 75.9. The highest BCUT2D eigenvalue weighted by atomic mass is 35.5. The Hall–Kier alpha value is -3.58. The summed E-state index contributed by atoms with van der Waals surface area (Å²) in [5.41, 5.74) is 0.685. The second-order valence-corrected chi connectivity index (χ2v) is 12.2. The number of ketones is 1. The van der Waals surface area contributed by atoms with E-state index in [9.17, 15) is 28.8 Å². The SMILES string of the molecule is CCNC(=O)C(=O)[C@H](Cc1ccc(Cl)cc1)NC(=O)[C@@H](NC(=O)CNC(=O)CCC/C=C1/SC[C@@H]2NC(=O)N[C@H]12)C(C)C. The van der Waals surface area contributed by atoms with Crippen LogP contribution in [0, 0.1) is 5.92 Å². The lowest BCUT2D eigenvalue weighted by atomic mass is 9.99. The molecule has 2 heterocycles. The van der Waals surface area contributed by atoms with Crippen molar-refractivity contribution >= 4 is 58.8 Å². The Morgan fingerprint density at radius 1 is 1.05 bits per heavy atom. The van der Waals surface area contributed by atoms with Crippen molar-refractivity contribution in [2.24, 2.45) is 5.92 Å². The first-order valence-electron chi connectivity index (χ1n) is 14.3. The summed E-state index contributed by atoms with van der Waals surface area (Å²) in [6.45, 7) is 5.07. The molecule has 2 aliphatic heterocycles. The molecule has 2 saturated heterocycles. The lowest BCUT2D eigenvalue weighted by molar-refractivity contribution is -0.140. The fourth-order valence-corrected chi connectivity index (χ4v) is 6.08. The molecule has 0 unspecified atom stereocenters. The van der Waals surface area contributed by atoms with Gasteiger partial charge in [0.15, 0.2) is 0 Å². The number of halogens is 1. The Morgan fingerprint density at radius 2 is 1.77 bits per heavy atom. The third-order valence-electron chi connectivity index (χ3n) is 6.95. The van der Waals surface area contributed by atoms with E-state index >= 15 is 0 Å². The predicted octanol–water partition coefficient (Wildman–Crippen LogP) is 1.18. The van der Waals surface area contributed by atoms with E-state index < -0.39 is 35.6 Å². The van der Waals surface area contributed by atoms with Gasteiger partial charge in [0.25, 0.3) is 5.91 Å². The number of likely N-dealkylation sites (N-methyl/N-ethyl adjacent to an activating group) is 1. The molecule has 12 nitrogen and oxygen atoms in total. The molecule has 234 valence electrons. The summed E-state index contributed by atoms with van der Waals surface area (Å²) in [6.07, 6.45) is 3.52. The summed E-state index contributed by atoms with van der Waals surface area (Å²) in [7, 11) is 0. The van der Waals surface area contributed by atoms with E-state index in [1.54, 1.807) is 56.8 Å². The van der Waals surface area contributed by atoms with E-state index in [0.29, 0.717) is 23.4 Å². The third-order valence-corrected chi connectivity index (χ3v) is 8.49. The van der Waals surface area contributed by atoms with Crippen molar-refractivity contribution < 1.29 is 28.8 Å². The van der Waals surface area contributed by atoms with Gasteiger partial charge < -0.3 is 31.9 Å². The van der Waals surface area contributed by atoms with Crippen molar-refractivity contribution in [3.63, 3.8) is 0 Å². The number of hydrogen-bond donors (Lipinski definition) is 6. The first kappa shape index (κ1) is 33.9. The minimum Gasteiger partial charge on any atom is -0.350 e. The Morgan fingerprint density at radius 3 is 2.44 bits per heavy atom. The number of allylic oxidation sites excluding steroid dienone is 1. The molecule has 6 N–H and O–H groups in total. The van der Waals surface area contributed by atoms with Crippen LogP contribution < -0.4 is 31.9 Å². The van der Waals surface area contributed by atoms with Crippen LogP contribution >= 0.6 is 23.4 Å². The van der Waals surface area contributed by atoms with Crippen molar-refractivity contribution in [3.05, 3.63) is 45.8 Å². The van der Waals surface area contributed by atoms with E-state index in [4.69, 9.17) is 11.6 Å². The highest BCUT2D eigenvalue weighted by Gasteiger charge is 2.39. The molecule has 1 aromatic carbocycles. The van der Waals surface area contributed by atoms with Gasteiger partial charge >= 0.3 is 6.03 Å². The van der Waals surface area contributed by atoms with Crippen molar-refractivity contribution in [2.45, 2.75) is 70.6 Å². The van der Waals surface area contributed by atoms with Gasteiger partial charge in [0.05, 0.1) is 18.6 Å². The molecule has 0 aliphatic carbocycles. The van der Waals surface area contributed by atoms with Gasteiger partial charge in [-0.05, 0) is 43.4 Å². The van der Waals surface area contributed by atoms with Gasteiger partial charge in [-0.25, -0.2) is 4.79 Å². The van der Waals surface area contributed by atoms with Crippen molar-refractivity contribution in [1.82, 2.24) is 31.9 Å². The third kappa shape index (κ3) is 10.3. The highest BCUT2D eigenvalue weighted by Crippen LogP contribution is 2.33. The van der Waals surface area contributed by atoms with Crippen molar-refractivity contribution in [2.75, 3.05) is 18.8 Å². The standard InChI is InChI=1S/C29H39ClN6O6S/c1-4-31-28(41)26(39)19(13-17-9-11-18(30)12-10-17)33-27(40)24(16(2)3)35-23(38)14-32-22(37)8-6-5-7-21-25-20(15-43-21)34-29(42)36-25/h7,9-12,16,19-20,24-25H,4-6,8,13-15H2,1-3H3,(H,31,41)(H,32,37)(H,33,40)(H,35,38)(H2,34,36,42)/b21-7+/t19-,20-,24-,25-/m0/s1. The molecule has 2 aliphatic rings.